The number of likely N-dealkylation sites (tertiary alicyclic amines) is 1. The van der Waals surface area contributed by atoms with E-state index < -0.39 is 5.97 Å². The van der Waals surface area contributed by atoms with Gasteiger partial charge in [0.15, 0.2) is 34.5 Å². The van der Waals surface area contributed by atoms with Gasteiger partial charge in [-0.05, 0) is 242 Å². The lowest BCUT2D eigenvalue weighted by atomic mass is 9.99. The molecule has 0 saturated carbocycles. The van der Waals surface area contributed by atoms with Gasteiger partial charge in [-0.15, -0.1) is 0 Å². The third kappa shape index (κ3) is 23.4. The Hall–Kier alpha value is -9.74. The third-order valence-electron chi connectivity index (χ3n) is 16.9. The van der Waals surface area contributed by atoms with Crippen LogP contribution in [-0.2, 0) is 29.6 Å². The van der Waals surface area contributed by atoms with Crippen LogP contribution in [0, 0.1) is 6.92 Å². The number of nitrogens with zero attached hydrogens (tertiary/aromatic N) is 11. The number of alkyl halides is 1. The zero-order chi connectivity index (χ0) is 78.6. The number of rotatable bonds is 17. The number of Topliss-reactive ketones (excluding diaryl/α,β-unsaturated/α-hetero) is 1. The molecule has 0 spiro atoms. The SMILES string of the molecule is BrCc1noc(-c2ccccc2)c1-c1ccnc(Br)c1.Brc1cc(-c2c(CN3CCCCC3)noc2-c2ccccc2)ccn1.CCOC(=O)c1noc(-c2ccccc2)c1-c1ccnc(Br)c1.Cc1ccnc(Br)c1.O=C(Cc1ccnc(Br)c1)c1ccccc1.OCc1noc(-c2ccccc2)c1-c1ccnc(Br)c1. The van der Waals surface area contributed by atoms with E-state index in [1.54, 1.807) is 44.0 Å². The van der Waals surface area contributed by atoms with E-state index in [4.69, 9.17) is 22.8 Å². The molecule has 10 aromatic heterocycles. The van der Waals surface area contributed by atoms with Crippen molar-refractivity contribution in [1.82, 2.24) is 55.4 Å². The van der Waals surface area contributed by atoms with Gasteiger partial charge in [0.1, 0.15) is 44.7 Å². The van der Waals surface area contributed by atoms with Crippen LogP contribution >= 0.6 is 112 Å². The predicted octanol–water partition coefficient (Wildman–Crippen LogP) is 23.6. The number of aliphatic hydroxyl groups is 1. The van der Waals surface area contributed by atoms with Gasteiger partial charge in [-0.2, -0.15) is 0 Å². The van der Waals surface area contributed by atoms with Gasteiger partial charge in [0.25, 0.3) is 0 Å². The molecule has 15 aromatic rings. The molecular weight excluding hydrogens is 1870 g/mol. The highest BCUT2D eigenvalue weighted by atomic mass is 79.9. The van der Waals surface area contributed by atoms with Crippen LogP contribution in [0.3, 0.4) is 0 Å². The highest BCUT2D eigenvalue weighted by Gasteiger charge is 2.27. The summed E-state index contributed by atoms with van der Waals surface area (Å²) in [4.78, 5) is 51.2. The fourth-order valence-electron chi connectivity index (χ4n) is 11.7. The Morgan fingerprint density at radius 1 is 0.411 bits per heavy atom. The summed E-state index contributed by atoms with van der Waals surface area (Å²) in [5, 5.41) is 26.6. The van der Waals surface area contributed by atoms with E-state index >= 15 is 0 Å². The van der Waals surface area contributed by atoms with Crippen molar-refractivity contribution < 1.29 is 37.5 Å². The molecule has 0 unspecified atom stereocenters. The molecule has 566 valence electrons. The van der Waals surface area contributed by atoms with Gasteiger partial charge in [-0.25, -0.2) is 34.7 Å². The molecule has 0 atom stereocenters. The second-order valence-electron chi connectivity index (χ2n) is 24.6. The van der Waals surface area contributed by atoms with E-state index in [0.717, 1.165) is 138 Å². The number of carbonyl (C=O) groups excluding carboxylic acids is 2. The molecule has 0 amide bonds. The number of halogens is 7. The molecule has 112 heavy (non-hydrogen) atoms. The standard InChI is InChI=1S/C20H20BrN3O.C17H13BrN2O3.C15H10Br2N2O.C15H11BrN2O2.C13H10BrNO.C6H6BrN/c21-18-13-16(9-10-22-18)19-17(14-24-11-5-2-6-12-24)23-25-20(19)15-7-3-1-4-8-15;1-2-22-17(21)15-14(12-8-9-19-13(18)10-12)16(23-20-15)11-6-4-3-5-7-11;16-9-12-14(11-6-7-18-13(17)8-11)15(20-19-12)10-4-2-1-3-5-10;16-13-8-11(6-7-17-13)14-12(9-19)18-20-15(14)10-4-2-1-3-5-10;14-13-9-10(6-7-15-13)8-12(16)11-4-2-1-3-5-11;1-5-2-3-8-6(7)4-5/h1,3-4,7-10,13H,2,5-6,11-12,14H2;3-10H,2H2,1H3;1-8H,9H2;1-8,19H,9H2;1-7,9H,8H2;2-4H,1H3. The number of esters is 1. The van der Waals surface area contributed by atoms with Crippen molar-refractivity contribution >= 4 is 123 Å². The van der Waals surface area contributed by atoms with E-state index in [0.29, 0.717) is 39.1 Å². The van der Waals surface area contributed by atoms with Gasteiger partial charge < -0.3 is 27.9 Å². The van der Waals surface area contributed by atoms with Gasteiger partial charge in [0.2, 0.25) is 0 Å². The molecule has 11 heterocycles. The monoisotopic (exact) mass is 1940 g/mol. The average molecular weight is 1940 g/mol. The molecule has 5 aromatic carbocycles. The number of hydrogen-bond donors (Lipinski definition) is 1. The van der Waals surface area contributed by atoms with Crippen LogP contribution < -0.4 is 0 Å². The topological polar surface area (TPSA) is 248 Å². The zero-order valence-corrected chi connectivity index (χ0v) is 71.4. The van der Waals surface area contributed by atoms with Crippen molar-refractivity contribution in [3.05, 3.63) is 329 Å². The fourth-order valence-corrected chi connectivity index (χ4v) is 14.5. The number of piperidine rings is 1. The Bertz CT molecular complexity index is 5360. The molecule has 26 heteroatoms. The normalized spacial score (nSPS) is 11.5. The molecule has 0 bridgehead atoms. The Balaban J connectivity index is 0.000000136. The Morgan fingerprint density at radius 3 is 1.16 bits per heavy atom. The summed E-state index contributed by atoms with van der Waals surface area (Å²) in [5.74, 6) is 2.38. The summed E-state index contributed by atoms with van der Waals surface area (Å²) in [6, 6.07) is 71.6. The van der Waals surface area contributed by atoms with Gasteiger partial charge in [0.05, 0.1) is 35.5 Å². The summed E-state index contributed by atoms with van der Waals surface area (Å²) in [7, 11) is 0. The second kappa shape index (κ2) is 42.8. The van der Waals surface area contributed by atoms with Crippen molar-refractivity contribution in [2.75, 3.05) is 19.7 Å². The number of hydrogen-bond acceptors (Lipinski definition) is 19. The van der Waals surface area contributed by atoms with E-state index in [1.807, 2.05) is 219 Å². The summed E-state index contributed by atoms with van der Waals surface area (Å²) < 4.78 is 32.0. The van der Waals surface area contributed by atoms with E-state index in [9.17, 15) is 14.7 Å². The molecule has 19 nitrogen and oxygen atoms in total. The number of ether oxygens (including phenoxy) is 1. The van der Waals surface area contributed by atoms with Gasteiger partial charge in [0, 0.05) is 83.3 Å². The number of ketones is 1. The van der Waals surface area contributed by atoms with Gasteiger partial charge >= 0.3 is 5.97 Å². The molecule has 0 radical (unpaired) electrons. The Kier molecular flexibility index (Phi) is 31.8. The minimum Gasteiger partial charge on any atom is -0.461 e. The van der Waals surface area contributed by atoms with Crippen molar-refractivity contribution in [2.45, 2.75) is 58.0 Å². The lowest BCUT2D eigenvalue weighted by Gasteiger charge is -2.25. The highest BCUT2D eigenvalue weighted by Crippen LogP contribution is 2.41. The molecule has 1 aliphatic rings. The average Bonchev–Trinajstić information content (AvgIpc) is 1.59. The molecule has 1 aliphatic heterocycles. The number of aryl methyl sites for hydroxylation is 1. The Morgan fingerprint density at radius 2 is 0.768 bits per heavy atom. The first kappa shape index (κ1) is 83.2. The maximum Gasteiger partial charge on any atom is 0.361 e. The third-order valence-corrected chi connectivity index (χ3v) is 20.0. The summed E-state index contributed by atoms with van der Waals surface area (Å²) in [6.45, 7) is 6.97. The van der Waals surface area contributed by atoms with Crippen molar-refractivity contribution in [1.29, 1.82) is 0 Å². The first-order valence-electron chi connectivity index (χ1n) is 35.1. The first-order chi connectivity index (χ1) is 54.6. The maximum absolute atomic E-state index is 12.2. The maximum atomic E-state index is 12.2. The van der Waals surface area contributed by atoms with Crippen LogP contribution in [0.15, 0.2) is 307 Å². The van der Waals surface area contributed by atoms with Gasteiger partial charge in [-0.3, -0.25) is 9.69 Å². The second-order valence-corrected chi connectivity index (χ2v) is 30.1. The molecular formula is C86H70Br7N11O8. The van der Waals surface area contributed by atoms with Crippen molar-refractivity contribution in [3.8, 4) is 89.8 Å². The lowest BCUT2D eigenvalue weighted by molar-refractivity contribution is 0.0515. The van der Waals surface area contributed by atoms with Crippen LogP contribution in [0.4, 0.5) is 0 Å². The highest BCUT2D eigenvalue weighted by molar-refractivity contribution is 9.11. The van der Waals surface area contributed by atoms with Crippen LogP contribution in [-0.4, -0.2) is 92.0 Å². The van der Waals surface area contributed by atoms with Crippen LogP contribution in [0.2, 0.25) is 0 Å². The summed E-state index contributed by atoms with van der Waals surface area (Å²) in [5.41, 5.74) is 16.5. The van der Waals surface area contributed by atoms with Crippen LogP contribution in [0.25, 0.3) is 89.8 Å². The number of aromatic nitrogens is 10. The van der Waals surface area contributed by atoms with E-state index in [-0.39, 0.29) is 24.7 Å². The number of aliphatic hydroxyl groups excluding tert-OH is 1. The number of benzene rings is 5. The molecule has 1 fully saturated rings. The van der Waals surface area contributed by atoms with Crippen molar-refractivity contribution in [3.63, 3.8) is 0 Å². The van der Waals surface area contributed by atoms with Crippen LogP contribution in [0.1, 0.15) is 75.2 Å². The Labute approximate surface area is 706 Å². The largest absolute Gasteiger partial charge is 0.461 e. The summed E-state index contributed by atoms with van der Waals surface area (Å²) in [6.07, 6.45) is 14.7. The minimum atomic E-state index is -0.513. The lowest BCUT2D eigenvalue weighted by Crippen LogP contribution is -2.29. The van der Waals surface area contributed by atoms with Gasteiger partial charge in [-0.1, -0.05) is 195 Å². The molecule has 1 N–H and O–H groups in total. The van der Waals surface area contributed by atoms with E-state index in [2.05, 4.69) is 179 Å². The van der Waals surface area contributed by atoms with Crippen molar-refractivity contribution in [2.24, 2.45) is 0 Å². The quantitative estimate of drug-likeness (QED) is 0.0385. The predicted molar refractivity (Wildman–Crippen MR) is 458 cm³/mol. The van der Waals surface area contributed by atoms with E-state index in [1.165, 1.54) is 24.8 Å². The number of carbonyl (C=O) groups is 2. The molecule has 16 rings (SSSR count). The summed E-state index contributed by atoms with van der Waals surface area (Å²) >= 11 is 23.6. The number of pyridine rings is 6. The zero-order valence-electron chi connectivity index (χ0n) is 60.3. The molecule has 0 aliphatic carbocycles. The van der Waals surface area contributed by atoms with Crippen LogP contribution in [0.5, 0.6) is 0 Å². The molecule has 1 saturated heterocycles. The fraction of sp³-hybridized carbons (Fsp3) is 0.140. The minimum absolute atomic E-state index is 0.124. The smallest absolute Gasteiger partial charge is 0.361 e. The first-order valence-corrected chi connectivity index (χ1v) is 41.0.